The van der Waals surface area contributed by atoms with Gasteiger partial charge in [0.1, 0.15) is 0 Å². The summed E-state index contributed by atoms with van der Waals surface area (Å²) in [4.78, 5) is 15.1. The number of fused-ring (bicyclic) bond motifs is 1. The van der Waals surface area contributed by atoms with Gasteiger partial charge < -0.3 is 10.2 Å². The molecule has 2 saturated heterocycles. The van der Waals surface area contributed by atoms with Crippen molar-refractivity contribution in [2.75, 3.05) is 31.9 Å². The van der Waals surface area contributed by atoms with Gasteiger partial charge in [-0.2, -0.15) is 0 Å². The Bertz CT molecular complexity index is 517. The van der Waals surface area contributed by atoms with Gasteiger partial charge in [0.05, 0.1) is 10.8 Å². The molecule has 0 bridgehead atoms. The number of amides is 1. The molecule has 0 aromatic heterocycles. The van der Waals surface area contributed by atoms with Gasteiger partial charge in [0.25, 0.3) is 0 Å². The van der Waals surface area contributed by atoms with E-state index < -0.39 is 0 Å². The third-order valence-corrected chi connectivity index (χ3v) is 5.70. The summed E-state index contributed by atoms with van der Waals surface area (Å²) < 4.78 is 0. The fourth-order valence-corrected chi connectivity index (χ4v) is 4.27. The van der Waals surface area contributed by atoms with Crippen LogP contribution < -0.4 is 5.32 Å². The first-order chi connectivity index (χ1) is 9.63. The zero-order valence-corrected chi connectivity index (χ0v) is 14.5. The molecule has 1 amide bonds. The Balaban J connectivity index is 0.00000161. The van der Waals surface area contributed by atoms with Crippen molar-refractivity contribution >= 4 is 53.3 Å². The molecule has 0 saturated carbocycles. The molecule has 2 aliphatic rings. The molecule has 0 radical (unpaired) electrons. The second-order valence-electron chi connectivity index (χ2n) is 5.34. The van der Waals surface area contributed by atoms with Gasteiger partial charge in [-0.1, -0.05) is 23.2 Å². The van der Waals surface area contributed by atoms with Crippen LogP contribution in [-0.2, 0) is 4.79 Å². The van der Waals surface area contributed by atoms with Crippen LogP contribution in [0.15, 0.2) is 23.1 Å². The van der Waals surface area contributed by atoms with Gasteiger partial charge in [-0.15, -0.1) is 24.2 Å². The molecule has 0 spiro atoms. The van der Waals surface area contributed by atoms with Crippen molar-refractivity contribution < 1.29 is 4.79 Å². The highest BCUT2D eigenvalue weighted by atomic mass is 35.5. The molecule has 2 aliphatic heterocycles. The fraction of sp³-hybridized carbons (Fsp3) is 0.500. The van der Waals surface area contributed by atoms with Gasteiger partial charge in [0.2, 0.25) is 5.91 Å². The molecule has 3 nitrogen and oxygen atoms in total. The Labute approximate surface area is 145 Å². The highest BCUT2D eigenvalue weighted by Crippen LogP contribution is 2.31. The van der Waals surface area contributed by atoms with Gasteiger partial charge >= 0.3 is 0 Å². The van der Waals surface area contributed by atoms with E-state index in [0.29, 0.717) is 27.6 Å². The predicted molar refractivity (Wildman–Crippen MR) is 90.9 cm³/mol. The number of benzene rings is 1. The maximum absolute atomic E-state index is 12.3. The SMILES string of the molecule is Cl.O=C(CSc1cc(Cl)ccc1Cl)N1C[C@H]2CNC[C@H]2C1. The summed E-state index contributed by atoms with van der Waals surface area (Å²) in [6, 6.07) is 5.33. The lowest BCUT2D eigenvalue weighted by Crippen LogP contribution is -2.33. The number of hydrogen-bond donors (Lipinski definition) is 1. The smallest absolute Gasteiger partial charge is 0.232 e. The molecular weight excluding hydrogens is 351 g/mol. The summed E-state index contributed by atoms with van der Waals surface area (Å²) in [5, 5.41) is 4.67. The van der Waals surface area contributed by atoms with Crippen LogP contribution >= 0.6 is 47.4 Å². The zero-order chi connectivity index (χ0) is 14.1. The molecule has 2 fully saturated rings. The summed E-state index contributed by atoms with van der Waals surface area (Å²) in [7, 11) is 0. The van der Waals surface area contributed by atoms with Crippen LogP contribution in [0, 0.1) is 11.8 Å². The van der Waals surface area contributed by atoms with E-state index in [4.69, 9.17) is 23.2 Å². The first-order valence-electron chi connectivity index (χ1n) is 6.70. The third-order valence-electron chi connectivity index (χ3n) is 3.99. The Hall–Kier alpha value is -0.130. The van der Waals surface area contributed by atoms with Gasteiger partial charge in [0.15, 0.2) is 0 Å². The first-order valence-corrected chi connectivity index (χ1v) is 8.44. The maximum Gasteiger partial charge on any atom is 0.232 e. The van der Waals surface area contributed by atoms with Crippen LogP contribution in [0.4, 0.5) is 0 Å². The van der Waals surface area contributed by atoms with Gasteiger partial charge in [-0.05, 0) is 30.0 Å². The molecule has 21 heavy (non-hydrogen) atoms. The second kappa shape index (κ2) is 7.42. The number of thioether (sulfide) groups is 1. The lowest BCUT2D eigenvalue weighted by Gasteiger charge is -2.17. The maximum atomic E-state index is 12.3. The van der Waals surface area contributed by atoms with Crippen molar-refractivity contribution in [1.29, 1.82) is 0 Å². The Kier molecular flexibility index (Phi) is 6.09. The van der Waals surface area contributed by atoms with Crippen LogP contribution in [0.25, 0.3) is 0 Å². The van der Waals surface area contributed by atoms with Crippen molar-refractivity contribution in [2.45, 2.75) is 4.90 Å². The Morgan fingerprint density at radius 1 is 1.29 bits per heavy atom. The van der Waals surface area contributed by atoms with Crippen molar-refractivity contribution in [3.05, 3.63) is 28.2 Å². The number of halogens is 3. The molecule has 1 aromatic rings. The monoisotopic (exact) mass is 366 g/mol. The van der Waals surface area contributed by atoms with Gasteiger partial charge in [0, 0.05) is 36.1 Å². The summed E-state index contributed by atoms with van der Waals surface area (Å²) in [5.41, 5.74) is 0. The standard InChI is InChI=1S/C14H16Cl2N2OS.ClH/c15-11-1-2-12(16)13(3-11)20-8-14(19)18-6-9-4-17-5-10(9)7-18;/h1-3,9-10,17H,4-8H2;1H/t9-,10+;. The molecule has 7 heteroatoms. The van der Waals surface area contributed by atoms with E-state index in [1.807, 2.05) is 11.0 Å². The number of carbonyl (C=O) groups excluding carboxylic acids is 1. The summed E-state index contributed by atoms with van der Waals surface area (Å²) in [5.74, 6) is 1.89. The molecule has 1 N–H and O–H groups in total. The summed E-state index contributed by atoms with van der Waals surface area (Å²) >= 11 is 13.5. The molecule has 3 rings (SSSR count). The fourth-order valence-electron chi connectivity index (χ4n) is 2.88. The van der Waals surface area contributed by atoms with Crippen LogP contribution in [0.5, 0.6) is 0 Å². The minimum atomic E-state index is 0. The molecule has 2 heterocycles. The third kappa shape index (κ3) is 3.99. The predicted octanol–water partition coefficient (Wildman–Crippen LogP) is 3.19. The average molecular weight is 368 g/mol. The lowest BCUT2D eigenvalue weighted by molar-refractivity contribution is -0.127. The summed E-state index contributed by atoms with van der Waals surface area (Å²) in [6.45, 7) is 3.87. The van der Waals surface area contributed by atoms with E-state index in [2.05, 4.69) is 5.32 Å². The molecule has 0 aliphatic carbocycles. The van der Waals surface area contributed by atoms with Crippen LogP contribution in [0.2, 0.25) is 10.0 Å². The number of hydrogen-bond acceptors (Lipinski definition) is 3. The molecule has 1 aromatic carbocycles. The van der Waals surface area contributed by atoms with E-state index in [9.17, 15) is 4.79 Å². The topological polar surface area (TPSA) is 32.3 Å². The second-order valence-corrected chi connectivity index (χ2v) is 7.20. The van der Waals surface area contributed by atoms with E-state index in [-0.39, 0.29) is 18.3 Å². The van der Waals surface area contributed by atoms with Crippen LogP contribution in [0.1, 0.15) is 0 Å². The van der Waals surface area contributed by atoms with E-state index in [1.165, 1.54) is 11.8 Å². The van der Waals surface area contributed by atoms with E-state index >= 15 is 0 Å². The van der Waals surface area contributed by atoms with Crippen molar-refractivity contribution in [3.8, 4) is 0 Å². The van der Waals surface area contributed by atoms with Crippen molar-refractivity contribution in [3.63, 3.8) is 0 Å². The quantitative estimate of drug-likeness (QED) is 0.833. The van der Waals surface area contributed by atoms with Gasteiger partial charge in [-0.3, -0.25) is 4.79 Å². The van der Waals surface area contributed by atoms with Crippen molar-refractivity contribution in [1.82, 2.24) is 10.2 Å². The molecule has 2 atom stereocenters. The molecular formula is C14H17Cl3N2OS. The lowest BCUT2D eigenvalue weighted by atomic mass is 10.0. The van der Waals surface area contributed by atoms with E-state index in [0.717, 1.165) is 31.1 Å². The first kappa shape index (κ1) is 17.2. The highest BCUT2D eigenvalue weighted by molar-refractivity contribution is 8.00. The number of nitrogens with zero attached hydrogens (tertiary/aromatic N) is 1. The number of rotatable bonds is 3. The normalized spacial score (nSPS) is 23.8. The average Bonchev–Trinajstić information content (AvgIpc) is 3.00. The molecule has 0 unspecified atom stereocenters. The van der Waals surface area contributed by atoms with E-state index in [1.54, 1.807) is 12.1 Å². The zero-order valence-electron chi connectivity index (χ0n) is 11.4. The largest absolute Gasteiger partial charge is 0.341 e. The number of carbonyl (C=O) groups is 1. The minimum Gasteiger partial charge on any atom is -0.341 e. The van der Waals surface area contributed by atoms with Crippen LogP contribution in [-0.4, -0.2) is 42.7 Å². The number of likely N-dealkylation sites (tertiary alicyclic amines) is 1. The van der Waals surface area contributed by atoms with Crippen molar-refractivity contribution in [2.24, 2.45) is 11.8 Å². The summed E-state index contributed by atoms with van der Waals surface area (Å²) in [6.07, 6.45) is 0. The Morgan fingerprint density at radius 2 is 1.95 bits per heavy atom. The van der Waals surface area contributed by atoms with Gasteiger partial charge in [-0.25, -0.2) is 0 Å². The molecule has 116 valence electrons. The van der Waals surface area contributed by atoms with Crippen LogP contribution in [0.3, 0.4) is 0 Å². The number of nitrogens with one attached hydrogen (secondary N) is 1. The highest BCUT2D eigenvalue weighted by Gasteiger charge is 2.37. The Morgan fingerprint density at radius 3 is 2.62 bits per heavy atom. The minimum absolute atomic E-state index is 0.